The molecule has 0 aliphatic heterocycles. The lowest BCUT2D eigenvalue weighted by molar-refractivity contribution is -0.159. The van der Waals surface area contributed by atoms with E-state index in [4.69, 9.17) is 14.2 Å². The van der Waals surface area contributed by atoms with Crippen LogP contribution in [0, 0.1) is 13.8 Å². The SMILES string of the molecule is COc1ccc(C(=O)NNC(=O)[C@H](OC(=O)c2ccc(C)cc2)[C@H](OC(=O)c2ccc(C)cc2)C(=O)O)cc1. The molecular formula is C28H26N2O9. The Labute approximate surface area is 223 Å². The molecule has 0 saturated heterocycles. The number of aliphatic carboxylic acids is 1. The van der Waals surface area contributed by atoms with E-state index in [9.17, 15) is 29.1 Å². The molecule has 0 aliphatic carbocycles. The van der Waals surface area contributed by atoms with E-state index in [0.29, 0.717) is 5.75 Å². The number of carbonyl (C=O) groups excluding carboxylic acids is 4. The van der Waals surface area contributed by atoms with Crippen molar-refractivity contribution in [1.82, 2.24) is 10.9 Å². The summed E-state index contributed by atoms with van der Waals surface area (Å²) in [6.45, 7) is 3.59. The third-order valence-electron chi connectivity index (χ3n) is 5.47. The molecule has 0 bridgehead atoms. The lowest BCUT2D eigenvalue weighted by atomic mass is 10.1. The molecule has 39 heavy (non-hydrogen) atoms. The first kappa shape index (κ1) is 28.4. The smallest absolute Gasteiger partial charge is 0.349 e. The fraction of sp³-hybridized carbons (Fsp3) is 0.179. The van der Waals surface area contributed by atoms with Gasteiger partial charge in [0.1, 0.15) is 5.75 Å². The average molecular weight is 535 g/mol. The van der Waals surface area contributed by atoms with Crippen LogP contribution in [0.2, 0.25) is 0 Å². The molecule has 2 atom stereocenters. The predicted octanol–water partition coefficient (Wildman–Crippen LogP) is 2.61. The summed E-state index contributed by atoms with van der Waals surface area (Å²) in [6.07, 6.45) is -4.41. The molecule has 3 aromatic rings. The van der Waals surface area contributed by atoms with Gasteiger partial charge in [-0.1, -0.05) is 35.4 Å². The summed E-state index contributed by atoms with van der Waals surface area (Å²) < 4.78 is 15.3. The van der Waals surface area contributed by atoms with Crippen molar-refractivity contribution in [2.45, 2.75) is 26.1 Å². The Morgan fingerprint density at radius 1 is 0.641 bits per heavy atom. The van der Waals surface area contributed by atoms with Crippen molar-refractivity contribution in [2.75, 3.05) is 7.11 Å². The molecule has 3 rings (SSSR count). The molecule has 0 spiro atoms. The molecule has 0 aromatic heterocycles. The van der Waals surface area contributed by atoms with Crippen LogP contribution in [-0.2, 0) is 19.1 Å². The quantitative estimate of drug-likeness (QED) is 0.277. The number of benzene rings is 3. The van der Waals surface area contributed by atoms with E-state index >= 15 is 0 Å². The van der Waals surface area contributed by atoms with Gasteiger partial charge in [0.05, 0.1) is 18.2 Å². The first-order valence-electron chi connectivity index (χ1n) is 11.6. The van der Waals surface area contributed by atoms with Crippen LogP contribution in [0.1, 0.15) is 42.2 Å². The number of carboxylic acid groups (broad SMARTS) is 1. The molecule has 0 unspecified atom stereocenters. The zero-order chi connectivity index (χ0) is 28.5. The minimum absolute atomic E-state index is 0.0173. The molecule has 3 aromatic carbocycles. The molecule has 11 heteroatoms. The summed E-state index contributed by atoms with van der Waals surface area (Å²) in [7, 11) is 1.46. The van der Waals surface area contributed by atoms with Crippen molar-refractivity contribution < 1.29 is 43.3 Å². The number of rotatable bonds is 9. The molecule has 0 fully saturated rings. The Morgan fingerprint density at radius 2 is 1.08 bits per heavy atom. The summed E-state index contributed by atoms with van der Waals surface area (Å²) in [5.41, 5.74) is 6.02. The molecule has 0 radical (unpaired) electrons. The number of hydrogen-bond donors (Lipinski definition) is 3. The maximum atomic E-state index is 13.0. The molecule has 0 heterocycles. The van der Waals surface area contributed by atoms with Gasteiger partial charge in [0, 0.05) is 5.56 Å². The molecule has 2 amide bonds. The Bertz CT molecular complexity index is 1350. The zero-order valence-electron chi connectivity index (χ0n) is 21.3. The number of hydrogen-bond acceptors (Lipinski definition) is 8. The second-order valence-electron chi connectivity index (χ2n) is 8.39. The number of carbonyl (C=O) groups is 5. The van der Waals surface area contributed by atoms with Gasteiger partial charge in [-0.15, -0.1) is 0 Å². The fourth-order valence-corrected chi connectivity index (χ4v) is 3.24. The minimum atomic E-state index is -2.24. The van der Waals surface area contributed by atoms with Gasteiger partial charge in [0.25, 0.3) is 11.8 Å². The van der Waals surface area contributed by atoms with E-state index in [1.165, 1.54) is 55.6 Å². The summed E-state index contributed by atoms with van der Waals surface area (Å²) in [4.78, 5) is 63.0. The fourth-order valence-electron chi connectivity index (χ4n) is 3.24. The Kier molecular flexibility index (Phi) is 9.36. The largest absolute Gasteiger partial charge is 0.497 e. The van der Waals surface area contributed by atoms with Crippen molar-refractivity contribution in [2.24, 2.45) is 0 Å². The predicted molar refractivity (Wildman–Crippen MR) is 137 cm³/mol. The topological polar surface area (TPSA) is 157 Å². The van der Waals surface area contributed by atoms with E-state index in [-0.39, 0.29) is 16.7 Å². The second-order valence-corrected chi connectivity index (χ2v) is 8.39. The van der Waals surface area contributed by atoms with Crippen LogP contribution in [0.4, 0.5) is 0 Å². The Hall–Kier alpha value is -5.19. The first-order valence-corrected chi connectivity index (χ1v) is 11.6. The van der Waals surface area contributed by atoms with E-state index in [0.717, 1.165) is 11.1 Å². The van der Waals surface area contributed by atoms with Gasteiger partial charge in [0.15, 0.2) is 0 Å². The molecule has 0 aliphatic rings. The molecular weight excluding hydrogens is 508 g/mol. The van der Waals surface area contributed by atoms with Crippen molar-refractivity contribution >= 4 is 29.7 Å². The maximum Gasteiger partial charge on any atom is 0.349 e. The monoisotopic (exact) mass is 534 g/mol. The van der Waals surface area contributed by atoms with Crippen molar-refractivity contribution in [3.05, 3.63) is 101 Å². The number of amides is 2. The highest BCUT2D eigenvalue weighted by Gasteiger charge is 2.41. The van der Waals surface area contributed by atoms with Crippen LogP contribution >= 0.6 is 0 Å². The number of esters is 2. The van der Waals surface area contributed by atoms with Gasteiger partial charge in [0.2, 0.25) is 12.2 Å². The Morgan fingerprint density at radius 3 is 1.51 bits per heavy atom. The summed E-state index contributed by atoms with van der Waals surface area (Å²) in [5.74, 6) is -5.37. The van der Waals surface area contributed by atoms with Crippen LogP contribution in [0.5, 0.6) is 5.75 Å². The van der Waals surface area contributed by atoms with Crippen molar-refractivity contribution in [3.8, 4) is 5.75 Å². The highest BCUT2D eigenvalue weighted by Crippen LogP contribution is 2.15. The number of methoxy groups -OCH3 is 1. The number of hydrazine groups is 1. The van der Waals surface area contributed by atoms with Crippen molar-refractivity contribution in [3.63, 3.8) is 0 Å². The van der Waals surface area contributed by atoms with Gasteiger partial charge in [-0.2, -0.15) is 0 Å². The van der Waals surface area contributed by atoms with E-state index < -0.39 is 41.9 Å². The van der Waals surface area contributed by atoms with Gasteiger partial charge in [-0.3, -0.25) is 20.4 Å². The Balaban J connectivity index is 1.83. The number of ether oxygens (including phenoxy) is 3. The highest BCUT2D eigenvalue weighted by molar-refractivity contribution is 5.99. The summed E-state index contributed by atoms with van der Waals surface area (Å²) in [5, 5.41) is 9.81. The second kappa shape index (κ2) is 12.9. The molecule has 0 saturated carbocycles. The van der Waals surface area contributed by atoms with Crippen LogP contribution in [-0.4, -0.2) is 54.1 Å². The lowest BCUT2D eigenvalue weighted by Gasteiger charge is -2.23. The normalized spacial score (nSPS) is 11.9. The number of nitrogens with one attached hydrogen (secondary N) is 2. The van der Waals surface area contributed by atoms with Gasteiger partial charge < -0.3 is 19.3 Å². The highest BCUT2D eigenvalue weighted by atomic mass is 16.6. The van der Waals surface area contributed by atoms with Crippen molar-refractivity contribution in [1.29, 1.82) is 0 Å². The molecule has 3 N–H and O–H groups in total. The number of carboxylic acids is 1. The van der Waals surface area contributed by atoms with Crippen LogP contribution < -0.4 is 15.6 Å². The minimum Gasteiger partial charge on any atom is -0.497 e. The number of aryl methyl sites for hydroxylation is 2. The van der Waals surface area contributed by atoms with Gasteiger partial charge >= 0.3 is 17.9 Å². The van der Waals surface area contributed by atoms with Crippen LogP contribution in [0.25, 0.3) is 0 Å². The van der Waals surface area contributed by atoms with Crippen LogP contribution in [0.3, 0.4) is 0 Å². The zero-order valence-corrected chi connectivity index (χ0v) is 21.3. The van der Waals surface area contributed by atoms with Gasteiger partial charge in [-0.05, 0) is 62.4 Å². The first-order chi connectivity index (χ1) is 18.6. The van der Waals surface area contributed by atoms with Crippen LogP contribution in [0.15, 0.2) is 72.8 Å². The third-order valence-corrected chi connectivity index (χ3v) is 5.47. The molecule has 202 valence electrons. The summed E-state index contributed by atoms with van der Waals surface area (Å²) >= 11 is 0. The average Bonchev–Trinajstić information content (AvgIpc) is 2.93. The van der Waals surface area contributed by atoms with E-state index in [1.807, 2.05) is 5.43 Å². The lowest BCUT2D eigenvalue weighted by Crippen LogP contribution is -2.54. The third kappa shape index (κ3) is 7.65. The maximum absolute atomic E-state index is 13.0. The van der Waals surface area contributed by atoms with E-state index in [1.54, 1.807) is 38.1 Å². The standard InChI is InChI=1S/C28H26N2O9/c1-16-4-8-19(9-5-16)27(35)38-22(23(26(33)34)39-28(36)20-10-6-17(2)7-11-20)25(32)30-29-24(31)18-12-14-21(37-3)15-13-18/h4-15,22-23H,1-3H3,(H,29,31)(H,30,32)(H,33,34)/t22-,23+/m1/s1. The molecule has 11 nitrogen and oxygen atoms in total. The van der Waals surface area contributed by atoms with E-state index in [2.05, 4.69) is 5.43 Å². The summed E-state index contributed by atoms with van der Waals surface area (Å²) in [6, 6.07) is 18.0. The van der Waals surface area contributed by atoms with Gasteiger partial charge in [-0.25, -0.2) is 14.4 Å².